The number of carbonyl (C=O) groups excluding carboxylic acids is 1. The molecule has 3 rings (SSSR count). The number of nitrogens with one attached hydrogen (secondary N) is 2. The molecular formula is C19H22FN3O4S2. The maximum absolute atomic E-state index is 13.2. The topological polar surface area (TPSA) is 108 Å². The second-order valence-corrected chi connectivity index (χ2v) is 9.66. The Morgan fingerprint density at radius 3 is 2.69 bits per heavy atom. The first-order valence-corrected chi connectivity index (χ1v) is 11.6. The van der Waals surface area contributed by atoms with Gasteiger partial charge in [-0.3, -0.25) is 4.79 Å². The van der Waals surface area contributed by atoms with Crippen LogP contribution in [0.3, 0.4) is 0 Å². The zero-order chi connectivity index (χ0) is 21.0. The van der Waals surface area contributed by atoms with Gasteiger partial charge in [0.05, 0.1) is 21.5 Å². The predicted molar refractivity (Wildman–Crippen MR) is 109 cm³/mol. The molecule has 1 atom stereocenters. The van der Waals surface area contributed by atoms with Gasteiger partial charge < -0.3 is 15.8 Å². The highest BCUT2D eigenvalue weighted by atomic mass is 32.2. The minimum Gasteiger partial charge on any atom is -0.411 e. The zero-order valence-corrected chi connectivity index (χ0v) is 17.4. The summed E-state index contributed by atoms with van der Waals surface area (Å²) in [4.78, 5) is 12.5. The van der Waals surface area contributed by atoms with Crippen LogP contribution in [0.15, 0.2) is 39.7 Å². The Hall–Kier alpha value is -2.30. The predicted octanol–water partition coefficient (Wildman–Crippen LogP) is 2.60. The lowest BCUT2D eigenvalue weighted by atomic mass is 9.98. The number of halogens is 1. The third-order valence-electron chi connectivity index (χ3n) is 4.70. The van der Waals surface area contributed by atoms with Crippen LogP contribution in [0.1, 0.15) is 41.8 Å². The standard InChI is InChI=1S/C19H22FN3O4S2/c1-12(24)22-17(13-5-7-14(20)8-6-13)9-21-11-29(26,27)18-10-28-19-15(18)3-2-4-16(19)23-25/h5-8,10,17,21,25H,2-4,9,11H2,1H3,(H,22,24). The highest BCUT2D eigenvalue weighted by molar-refractivity contribution is 7.91. The van der Waals surface area contributed by atoms with Crippen molar-refractivity contribution in [1.82, 2.24) is 10.6 Å². The minimum absolute atomic E-state index is 0.167. The monoisotopic (exact) mass is 439 g/mol. The van der Waals surface area contributed by atoms with Gasteiger partial charge in [0.2, 0.25) is 5.91 Å². The molecule has 0 spiro atoms. The van der Waals surface area contributed by atoms with Crippen molar-refractivity contribution in [3.63, 3.8) is 0 Å². The zero-order valence-electron chi connectivity index (χ0n) is 15.8. The average molecular weight is 440 g/mol. The number of hydrogen-bond acceptors (Lipinski definition) is 7. The molecule has 1 aromatic heterocycles. The maximum atomic E-state index is 13.2. The average Bonchev–Trinajstić information content (AvgIpc) is 3.12. The van der Waals surface area contributed by atoms with E-state index in [2.05, 4.69) is 15.8 Å². The number of rotatable bonds is 7. The molecule has 0 radical (unpaired) electrons. The fourth-order valence-electron chi connectivity index (χ4n) is 3.36. The van der Waals surface area contributed by atoms with E-state index in [9.17, 15) is 17.6 Å². The molecule has 156 valence electrons. The molecule has 10 heteroatoms. The molecule has 0 aliphatic heterocycles. The number of thiophene rings is 1. The second kappa shape index (κ2) is 9.02. The number of nitrogens with zero attached hydrogens (tertiary/aromatic N) is 1. The summed E-state index contributed by atoms with van der Waals surface area (Å²) in [6.45, 7) is 1.53. The summed E-state index contributed by atoms with van der Waals surface area (Å²) >= 11 is 1.27. The molecule has 1 aliphatic carbocycles. The molecular weight excluding hydrogens is 417 g/mol. The van der Waals surface area contributed by atoms with Crippen LogP contribution < -0.4 is 10.6 Å². The van der Waals surface area contributed by atoms with Crippen LogP contribution in [-0.4, -0.2) is 37.7 Å². The largest absolute Gasteiger partial charge is 0.411 e. The molecule has 0 bridgehead atoms. The van der Waals surface area contributed by atoms with Crippen molar-refractivity contribution in [2.24, 2.45) is 5.16 Å². The molecule has 29 heavy (non-hydrogen) atoms. The van der Waals surface area contributed by atoms with E-state index in [-0.39, 0.29) is 29.0 Å². The van der Waals surface area contributed by atoms with Gasteiger partial charge in [0.1, 0.15) is 11.7 Å². The maximum Gasteiger partial charge on any atom is 0.217 e. The third-order valence-corrected chi connectivity index (χ3v) is 7.54. The van der Waals surface area contributed by atoms with Crippen LogP contribution in [0.25, 0.3) is 0 Å². The summed E-state index contributed by atoms with van der Waals surface area (Å²) in [5, 5.41) is 19.6. The van der Waals surface area contributed by atoms with Crippen molar-refractivity contribution in [1.29, 1.82) is 0 Å². The third kappa shape index (κ3) is 5.01. The van der Waals surface area contributed by atoms with Crippen molar-refractivity contribution in [2.45, 2.75) is 37.1 Å². The minimum atomic E-state index is -3.61. The van der Waals surface area contributed by atoms with Crippen LogP contribution in [0.4, 0.5) is 4.39 Å². The van der Waals surface area contributed by atoms with E-state index in [1.165, 1.54) is 30.4 Å². The van der Waals surface area contributed by atoms with Crippen molar-refractivity contribution in [3.8, 4) is 0 Å². The van der Waals surface area contributed by atoms with Gasteiger partial charge in [-0.1, -0.05) is 17.3 Å². The quantitative estimate of drug-likeness (QED) is 0.454. The van der Waals surface area contributed by atoms with Gasteiger partial charge in [0.15, 0.2) is 9.84 Å². The molecule has 0 fully saturated rings. The molecule has 1 heterocycles. The highest BCUT2D eigenvalue weighted by Gasteiger charge is 2.28. The van der Waals surface area contributed by atoms with Crippen LogP contribution in [0.5, 0.6) is 0 Å². The van der Waals surface area contributed by atoms with Crippen molar-refractivity contribution in [2.75, 3.05) is 12.4 Å². The Bertz CT molecular complexity index is 1020. The summed E-state index contributed by atoms with van der Waals surface area (Å²) in [5.41, 5.74) is 1.89. The normalized spacial score (nSPS) is 16.4. The molecule has 0 saturated heterocycles. The van der Waals surface area contributed by atoms with Gasteiger partial charge in [-0.25, -0.2) is 12.8 Å². The van der Waals surface area contributed by atoms with Gasteiger partial charge in [0.25, 0.3) is 0 Å². The smallest absolute Gasteiger partial charge is 0.217 e. The molecule has 2 aromatic rings. The fraction of sp³-hybridized carbons (Fsp3) is 0.368. The van der Waals surface area contributed by atoms with Crippen LogP contribution >= 0.6 is 11.3 Å². The van der Waals surface area contributed by atoms with E-state index in [0.717, 1.165) is 11.3 Å². The van der Waals surface area contributed by atoms with Crippen molar-refractivity contribution in [3.05, 3.63) is 51.5 Å². The molecule has 0 saturated carbocycles. The SMILES string of the molecule is CC(=O)NC(CNCS(=O)(=O)c1csc2c1CCCC2=NO)c1ccc(F)cc1. The fourth-order valence-corrected chi connectivity index (χ4v) is 6.27. The van der Waals surface area contributed by atoms with Gasteiger partial charge in [-0.2, -0.15) is 0 Å². The lowest BCUT2D eigenvalue weighted by Gasteiger charge is -2.19. The van der Waals surface area contributed by atoms with Gasteiger partial charge in [-0.05, 0) is 42.5 Å². The summed E-state index contributed by atoms with van der Waals surface area (Å²) in [7, 11) is -3.61. The summed E-state index contributed by atoms with van der Waals surface area (Å²) in [6, 6.07) is 5.19. The first kappa shape index (κ1) is 21.4. The molecule has 7 nitrogen and oxygen atoms in total. The second-order valence-electron chi connectivity index (χ2n) is 6.83. The lowest BCUT2D eigenvalue weighted by molar-refractivity contribution is -0.119. The van der Waals surface area contributed by atoms with E-state index >= 15 is 0 Å². The number of carbonyl (C=O) groups is 1. The number of hydrogen-bond donors (Lipinski definition) is 3. The molecule has 1 unspecified atom stereocenters. The summed E-state index contributed by atoms with van der Waals surface area (Å²) in [6.07, 6.45) is 1.97. The molecule has 1 aromatic carbocycles. The highest BCUT2D eigenvalue weighted by Crippen LogP contribution is 2.33. The van der Waals surface area contributed by atoms with Gasteiger partial charge in [0, 0.05) is 18.8 Å². The number of amides is 1. The Morgan fingerprint density at radius 2 is 2.03 bits per heavy atom. The van der Waals surface area contributed by atoms with Gasteiger partial charge in [-0.15, -0.1) is 11.3 Å². The van der Waals surface area contributed by atoms with E-state index in [1.54, 1.807) is 17.5 Å². The number of oxime groups is 1. The van der Waals surface area contributed by atoms with Crippen molar-refractivity contribution < 1.29 is 22.8 Å². The lowest BCUT2D eigenvalue weighted by Crippen LogP contribution is -2.36. The van der Waals surface area contributed by atoms with Crippen LogP contribution in [0.2, 0.25) is 0 Å². The molecule has 1 amide bonds. The molecule has 3 N–H and O–H groups in total. The van der Waals surface area contributed by atoms with E-state index in [1.807, 2.05) is 0 Å². The Morgan fingerprint density at radius 1 is 1.31 bits per heavy atom. The van der Waals surface area contributed by atoms with Crippen molar-refractivity contribution >= 4 is 32.8 Å². The van der Waals surface area contributed by atoms with E-state index < -0.39 is 15.9 Å². The molecule has 1 aliphatic rings. The number of sulfone groups is 1. The Kier molecular flexibility index (Phi) is 6.66. The summed E-state index contributed by atoms with van der Waals surface area (Å²) in [5.74, 6) is -0.968. The summed E-state index contributed by atoms with van der Waals surface area (Å²) < 4.78 is 38.9. The van der Waals surface area contributed by atoms with E-state index in [4.69, 9.17) is 5.21 Å². The number of fused-ring (bicyclic) bond motifs is 1. The Balaban J connectivity index is 1.72. The Labute approximate surface area is 172 Å². The first-order valence-electron chi connectivity index (χ1n) is 9.09. The van der Waals surface area contributed by atoms with Crippen LogP contribution in [-0.2, 0) is 21.1 Å². The van der Waals surface area contributed by atoms with Crippen LogP contribution in [0, 0.1) is 5.82 Å². The number of benzene rings is 1. The first-order chi connectivity index (χ1) is 13.8. The van der Waals surface area contributed by atoms with Gasteiger partial charge >= 0.3 is 0 Å². The van der Waals surface area contributed by atoms with E-state index in [0.29, 0.717) is 29.7 Å².